The van der Waals surface area contributed by atoms with E-state index in [9.17, 15) is 0 Å². The van der Waals surface area contributed by atoms with Crippen molar-refractivity contribution in [3.8, 4) is 0 Å². The second kappa shape index (κ2) is 8.03. The van der Waals surface area contributed by atoms with Crippen LogP contribution in [0.5, 0.6) is 0 Å². The van der Waals surface area contributed by atoms with Crippen LogP contribution in [0.4, 0.5) is 5.82 Å². The van der Waals surface area contributed by atoms with Gasteiger partial charge in [0.15, 0.2) is 4.34 Å². The van der Waals surface area contributed by atoms with Gasteiger partial charge in [-0.1, -0.05) is 23.1 Å². The Morgan fingerprint density at radius 1 is 1.35 bits per heavy atom. The third-order valence-electron chi connectivity index (χ3n) is 3.57. The van der Waals surface area contributed by atoms with E-state index in [2.05, 4.69) is 31.5 Å². The summed E-state index contributed by atoms with van der Waals surface area (Å²) in [4.78, 5) is 9.03. The number of aryl methyl sites for hydroxylation is 2. The predicted molar refractivity (Wildman–Crippen MR) is 93.4 cm³/mol. The first-order valence-corrected chi connectivity index (χ1v) is 9.61. The average Bonchev–Trinajstić information content (AvgIpc) is 3.18. The van der Waals surface area contributed by atoms with Crippen molar-refractivity contribution in [2.75, 3.05) is 30.8 Å². The van der Waals surface area contributed by atoms with Crippen molar-refractivity contribution in [3.63, 3.8) is 0 Å². The number of rotatable bonds is 7. The van der Waals surface area contributed by atoms with E-state index in [1.165, 1.54) is 0 Å². The molecule has 0 saturated carbocycles. The normalized spacial score (nSPS) is 17.6. The Morgan fingerprint density at radius 2 is 2.26 bits per heavy atom. The van der Waals surface area contributed by atoms with Gasteiger partial charge in [0.1, 0.15) is 16.6 Å². The van der Waals surface area contributed by atoms with Crippen molar-refractivity contribution in [2.24, 2.45) is 0 Å². The first kappa shape index (κ1) is 16.6. The van der Waals surface area contributed by atoms with Gasteiger partial charge in [0.05, 0.1) is 12.3 Å². The van der Waals surface area contributed by atoms with Crippen LogP contribution in [0, 0.1) is 13.8 Å². The molecule has 8 heteroatoms. The van der Waals surface area contributed by atoms with Crippen molar-refractivity contribution in [1.82, 2.24) is 20.2 Å². The summed E-state index contributed by atoms with van der Waals surface area (Å²) in [6.45, 7) is 6.42. The zero-order valence-electron chi connectivity index (χ0n) is 13.4. The second-order valence-corrected chi connectivity index (χ2v) is 8.03. The maximum atomic E-state index is 5.45. The molecule has 6 nitrogen and oxygen atoms in total. The number of anilines is 1. The molecule has 124 valence electrons. The molecule has 1 atom stereocenters. The predicted octanol–water partition coefficient (Wildman–Crippen LogP) is 3.04. The maximum Gasteiger partial charge on any atom is 0.174 e. The number of hydrogen-bond acceptors (Lipinski definition) is 8. The van der Waals surface area contributed by atoms with Crippen molar-refractivity contribution in [1.29, 1.82) is 0 Å². The summed E-state index contributed by atoms with van der Waals surface area (Å²) in [5.74, 6) is 3.16. The number of nitrogens with one attached hydrogen (secondary N) is 1. The standard InChI is InChI=1S/C15H21N5OS2/c1-10-17-13(12-4-6-21-9-12)8-14(18-10)16-5-3-7-22-15-20-19-11(2)23-15/h8,12H,3-7,9H2,1-2H3,(H,16,17,18). The summed E-state index contributed by atoms with van der Waals surface area (Å²) in [5.41, 5.74) is 1.09. The topological polar surface area (TPSA) is 72.8 Å². The highest BCUT2D eigenvalue weighted by atomic mass is 32.2. The zero-order valence-corrected chi connectivity index (χ0v) is 15.0. The summed E-state index contributed by atoms with van der Waals surface area (Å²) in [7, 11) is 0. The lowest BCUT2D eigenvalue weighted by atomic mass is 10.0. The highest BCUT2D eigenvalue weighted by Gasteiger charge is 2.20. The van der Waals surface area contributed by atoms with E-state index in [0.717, 1.165) is 65.0 Å². The summed E-state index contributed by atoms with van der Waals surface area (Å²) in [5, 5.41) is 12.6. The molecule has 0 amide bonds. The van der Waals surface area contributed by atoms with Crippen molar-refractivity contribution < 1.29 is 4.74 Å². The monoisotopic (exact) mass is 351 g/mol. The molecule has 0 bridgehead atoms. The number of nitrogens with zero attached hydrogens (tertiary/aromatic N) is 4. The highest BCUT2D eigenvalue weighted by Crippen LogP contribution is 2.25. The smallest absolute Gasteiger partial charge is 0.174 e. The highest BCUT2D eigenvalue weighted by molar-refractivity contribution is 8.01. The molecule has 0 aliphatic carbocycles. The lowest BCUT2D eigenvalue weighted by Crippen LogP contribution is -2.09. The molecule has 1 aliphatic heterocycles. The summed E-state index contributed by atoms with van der Waals surface area (Å²) in [6, 6.07) is 2.06. The Balaban J connectivity index is 1.46. The van der Waals surface area contributed by atoms with Crippen molar-refractivity contribution >= 4 is 28.9 Å². The van der Waals surface area contributed by atoms with Gasteiger partial charge < -0.3 is 10.1 Å². The Bertz CT molecular complexity index is 643. The first-order valence-electron chi connectivity index (χ1n) is 7.81. The maximum absolute atomic E-state index is 5.45. The molecule has 3 rings (SSSR count). The number of ether oxygens (including phenoxy) is 1. The molecule has 2 aromatic rings. The molecule has 0 aromatic carbocycles. The van der Waals surface area contributed by atoms with E-state index in [-0.39, 0.29) is 0 Å². The lowest BCUT2D eigenvalue weighted by molar-refractivity contribution is 0.193. The molecule has 1 N–H and O–H groups in total. The molecule has 2 aromatic heterocycles. The summed E-state index contributed by atoms with van der Waals surface area (Å²) in [6.07, 6.45) is 2.10. The van der Waals surface area contributed by atoms with Gasteiger partial charge in [-0.3, -0.25) is 0 Å². The quantitative estimate of drug-likeness (QED) is 0.607. The SMILES string of the molecule is Cc1nc(NCCCSc2nnc(C)s2)cc(C2CCOC2)n1. The third-order valence-corrected chi connectivity index (χ3v) is 5.62. The second-order valence-electron chi connectivity index (χ2n) is 5.50. The molecule has 0 spiro atoms. The van der Waals surface area contributed by atoms with E-state index in [4.69, 9.17) is 4.74 Å². The molecule has 3 heterocycles. The largest absolute Gasteiger partial charge is 0.381 e. The van der Waals surface area contributed by atoms with Gasteiger partial charge in [-0.15, -0.1) is 10.2 Å². The molecule has 23 heavy (non-hydrogen) atoms. The molecule has 1 aliphatic rings. The van der Waals surface area contributed by atoms with Crippen LogP contribution in [0.25, 0.3) is 0 Å². The molecule has 0 radical (unpaired) electrons. The third kappa shape index (κ3) is 4.86. The van der Waals surface area contributed by atoms with Crippen LogP contribution < -0.4 is 5.32 Å². The van der Waals surface area contributed by atoms with Gasteiger partial charge >= 0.3 is 0 Å². The van der Waals surface area contributed by atoms with Crippen LogP contribution in [-0.4, -0.2) is 45.7 Å². The van der Waals surface area contributed by atoms with Crippen molar-refractivity contribution in [3.05, 3.63) is 22.6 Å². The van der Waals surface area contributed by atoms with Gasteiger partial charge in [-0.05, 0) is 26.7 Å². The summed E-state index contributed by atoms with van der Waals surface area (Å²) < 4.78 is 6.50. The Hall–Kier alpha value is -1.25. The van der Waals surface area contributed by atoms with E-state index >= 15 is 0 Å². The summed E-state index contributed by atoms with van der Waals surface area (Å²) >= 11 is 3.41. The minimum Gasteiger partial charge on any atom is -0.381 e. The van der Waals surface area contributed by atoms with Crippen LogP contribution in [0.15, 0.2) is 10.4 Å². The molecule has 1 unspecified atom stereocenters. The molecular formula is C15H21N5OS2. The van der Waals surface area contributed by atoms with Crippen LogP contribution in [0.1, 0.15) is 35.3 Å². The minimum absolute atomic E-state index is 0.411. The lowest BCUT2D eigenvalue weighted by Gasteiger charge is -2.11. The van der Waals surface area contributed by atoms with Gasteiger partial charge in [-0.25, -0.2) is 9.97 Å². The fourth-order valence-electron chi connectivity index (χ4n) is 2.44. The fourth-order valence-corrected chi connectivity index (χ4v) is 4.27. The van der Waals surface area contributed by atoms with E-state index in [1.54, 1.807) is 23.1 Å². The minimum atomic E-state index is 0.411. The average molecular weight is 352 g/mol. The van der Waals surface area contributed by atoms with Crippen molar-refractivity contribution in [2.45, 2.75) is 36.9 Å². The van der Waals surface area contributed by atoms with E-state index < -0.39 is 0 Å². The Morgan fingerprint density at radius 3 is 3.00 bits per heavy atom. The van der Waals surface area contributed by atoms with Crippen LogP contribution in [0.3, 0.4) is 0 Å². The number of hydrogen-bond donors (Lipinski definition) is 1. The van der Waals surface area contributed by atoms with Crippen LogP contribution in [-0.2, 0) is 4.74 Å². The van der Waals surface area contributed by atoms with E-state index in [0.29, 0.717) is 5.92 Å². The van der Waals surface area contributed by atoms with Crippen LogP contribution >= 0.6 is 23.1 Å². The van der Waals surface area contributed by atoms with Gasteiger partial charge in [0.25, 0.3) is 0 Å². The first-order chi connectivity index (χ1) is 11.2. The van der Waals surface area contributed by atoms with Gasteiger partial charge in [-0.2, -0.15) is 0 Å². The van der Waals surface area contributed by atoms with Gasteiger partial charge in [0.2, 0.25) is 0 Å². The molecule has 1 fully saturated rings. The number of aromatic nitrogens is 4. The van der Waals surface area contributed by atoms with E-state index in [1.807, 2.05) is 13.8 Å². The van der Waals surface area contributed by atoms with Gasteiger partial charge in [0, 0.05) is 30.9 Å². The fraction of sp³-hybridized carbons (Fsp3) is 0.600. The molecule has 1 saturated heterocycles. The number of thioether (sulfide) groups is 1. The zero-order chi connectivity index (χ0) is 16.1. The Kier molecular flexibility index (Phi) is 5.80. The molecular weight excluding hydrogens is 330 g/mol. The van der Waals surface area contributed by atoms with Crippen LogP contribution in [0.2, 0.25) is 0 Å². The Labute approximate surface area is 144 Å².